The van der Waals surface area contributed by atoms with Crippen molar-refractivity contribution in [1.29, 1.82) is 0 Å². The van der Waals surface area contributed by atoms with Gasteiger partial charge in [-0.15, -0.1) is 0 Å². The van der Waals surface area contributed by atoms with Gasteiger partial charge < -0.3 is 9.47 Å². The van der Waals surface area contributed by atoms with Gasteiger partial charge in [-0.1, -0.05) is 13.8 Å². The zero-order valence-corrected chi connectivity index (χ0v) is 9.97. The Hall–Kier alpha value is -1.18. The molecule has 0 bridgehead atoms. The van der Waals surface area contributed by atoms with Crippen LogP contribution < -0.4 is 9.47 Å². The summed E-state index contributed by atoms with van der Waals surface area (Å²) in [5, 5.41) is 0. The maximum Gasteiger partial charge on any atom is 0.160 e. The second-order valence-electron chi connectivity index (χ2n) is 2.79. The predicted octanol–water partition coefficient (Wildman–Crippen LogP) is 3.35. The summed E-state index contributed by atoms with van der Waals surface area (Å²) in [6.45, 7) is 8.11. The van der Waals surface area contributed by atoms with Gasteiger partial charge in [-0.2, -0.15) is 0 Å². The molecule has 0 aliphatic rings. The predicted molar refractivity (Wildman–Crippen MR) is 60.4 cm³/mol. The first-order valence-corrected chi connectivity index (χ1v) is 4.88. The second kappa shape index (κ2) is 6.30. The van der Waals surface area contributed by atoms with Gasteiger partial charge in [-0.05, 0) is 37.1 Å². The molecule has 0 aromatic heterocycles. The van der Waals surface area contributed by atoms with E-state index in [-0.39, 0.29) is 0 Å². The standard InChI is InChI=1S/C10H14O2.C2H6/c1-7-5-9(11-3)10(12-4)6-8(7)2;1-2/h5-6H,1-4H3;1-2H3. The maximum atomic E-state index is 5.15. The summed E-state index contributed by atoms with van der Waals surface area (Å²) >= 11 is 0. The van der Waals surface area contributed by atoms with Crippen LogP contribution in [0.3, 0.4) is 0 Å². The van der Waals surface area contributed by atoms with Crippen LogP contribution in [0, 0.1) is 13.8 Å². The molecule has 0 heterocycles. The van der Waals surface area contributed by atoms with E-state index in [2.05, 4.69) is 13.8 Å². The Morgan fingerprint density at radius 2 is 1.07 bits per heavy atom. The Kier molecular flexibility index (Phi) is 5.77. The van der Waals surface area contributed by atoms with Crippen molar-refractivity contribution < 1.29 is 9.47 Å². The van der Waals surface area contributed by atoms with Crippen LogP contribution in [0.1, 0.15) is 25.0 Å². The summed E-state index contributed by atoms with van der Waals surface area (Å²) in [7, 11) is 3.29. The number of aryl methyl sites for hydroxylation is 2. The van der Waals surface area contributed by atoms with E-state index >= 15 is 0 Å². The van der Waals surface area contributed by atoms with Crippen molar-refractivity contribution >= 4 is 0 Å². The fraction of sp³-hybridized carbons (Fsp3) is 0.500. The highest BCUT2D eigenvalue weighted by Crippen LogP contribution is 2.29. The van der Waals surface area contributed by atoms with E-state index < -0.39 is 0 Å². The third kappa shape index (κ3) is 2.95. The molecule has 0 aliphatic carbocycles. The van der Waals surface area contributed by atoms with Crippen molar-refractivity contribution in [3.63, 3.8) is 0 Å². The minimum Gasteiger partial charge on any atom is -0.493 e. The molecule has 14 heavy (non-hydrogen) atoms. The van der Waals surface area contributed by atoms with Crippen molar-refractivity contribution in [3.8, 4) is 11.5 Å². The van der Waals surface area contributed by atoms with Gasteiger partial charge >= 0.3 is 0 Å². The number of methoxy groups -OCH3 is 2. The summed E-state index contributed by atoms with van der Waals surface area (Å²) in [5.41, 5.74) is 2.43. The largest absolute Gasteiger partial charge is 0.493 e. The highest BCUT2D eigenvalue weighted by molar-refractivity contribution is 5.46. The lowest BCUT2D eigenvalue weighted by molar-refractivity contribution is 0.354. The molecular formula is C12H20O2. The van der Waals surface area contributed by atoms with Gasteiger partial charge in [0.2, 0.25) is 0 Å². The molecule has 2 heteroatoms. The van der Waals surface area contributed by atoms with Crippen LogP contribution in [-0.2, 0) is 0 Å². The van der Waals surface area contributed by atoms with E-state index in [1.807, 2.05) is 26.0 Å². The van der Waals surface area contributed by atoms with Crippen LogP contribution in [0.25, 0.3) is 0 Å². The second-order valence-corrected chi connectivity index (χ2v) is 2.79. The molecule has 0 radical (unpaired) electrons. The quantitative estimate of drug-likeness (QED) is 0.722. The third-order valence-electron chi connectivity index (χ3n) is 2.00. The summed E-state index contributed by atoms with van der Waals surface area (Å²) < 4.78 is 10.3. The minimum absolute atomic E-state index is 0.792. The van der Waals surface area contributed by atoms with Crippen molar-refractivity contribution in [1.82, 2.24) is 0 Å². The van der Waals surface area contributed by atoms with Gasteiger partial charge in [-0.25, -0.2) is 0 Å². The fourth-order valence-electron chi connectivity index (χ4n) is 1.08. The lowest BCUT2D eigenvalue weighted by atomic mass is 10.1. The van der Waals surface area contributed by atoms with Gasteiger partial charge in [0, 0.05) is 0 Å². The topological polar surface area (TPSA) is 18.5 Å². The first kappa shape index (κ1) is 12.8. The number of hydrogen-bond donors (Lipinski definition) is 0. The molecular weight excluding hydrogens is 176 g/mol. The van der Waals surface area contributed by atoms with E-state index in [0.29, 0.717) is 0 Å². The average Bonchev–Trinajstić information content (AvgIpc) is 2.24. The molecule has 0 aliphatic heterocycles. The van der Waals surface area contributed by atoms with Crippen LogP contribution in [0.4, 0.5) is 0 Å². The van der Waals surface area contributed by atoms with Crippen molar-refractivity contribution in [2.45, 2.75) is 27.7 Å². The molecule has 0 spiro atoms. The molecule has 0 unspecified atom stereocenters. The molecule has 1 rings (SSSR count). The van der Waals surface area contributed by atoms with Gasteiger partial charge in [-0.3, -0.25) is 0 Å². The normalized spacial score (nSPS) is 8.71. The monoisotopic (exact) mass is 196 g/mol. The lowest BCUT2D eigenvalue weighted by Crippen LogP contribution is -1.92. The molecule has 0 amide bonds. The van der Waals surface area contributed by atoms with Crippen LogP contribution in [0.15, 0.2) is 12.1 Å². The molecule has 0 fully saturated rings. The van der Waals surface area contributed by atoms with E-state index in [4.69, 9.17) is 9.47 Å². The number of hydrogen-bond acceptors (Lipinski definition) is 2. The summed E-state index contributed by atoms with van der Waals surface area (Å²) in [6, 6.07) is 3.96. The molecule has 2 nitrogen and oxygen atoms in total. The highest BCUT2D eigenvalue weighted by atomic mass is 16.5. The molecule has 1 aromatic carbocycles. The van der Waals surface area contributed by atoms with Crippen molar-refractivity contribution in [3.05, 3.63) is 23.3 Å². The van der Waals surface area contributed by atoms with E-state index in [0.717, 1.165) is 11.5 Å². The van der Waals surface area contributed by atoms with Gasteiger partial charge in [0.1, 0.15) is 0 Å². The van der Waals surface area contributed by atoms with E-state index in [1.165, 1.54) is 11.1 Å². The van der Waals surface area contributed by atoms with Crippen molar-refractivity contribution in [2.24, 2.45) is 0 Å². The van der Waals surface area contributed by atoms with E-state index in [1.54, 1.807) is 14.2 Å². The zero-order valence-electron chi connectivity index (χ0n) is 9.97. The summed E-state index contributed by atoms with van der Waals surface area (Å²) in [5.74, 6) is 1.58. The molecule has 1 aromatic rings. The number of benzene rings is 1. The minimum atomic E-state index is 0.792. The SMILES string of the molecule is CC.COc1cc(C)c(C)cc1OC. The summed E-state index contributed by atoms with van der Waals surface area (Å²) in [6.07, 6.45) is 0. The summed E-state index contributed by atoms with van der Waals surface area (Å²) in [4.78, 5) is 0. The number of rotatable bonds is 2. The molecule has 0 N–H and O–H groups in total. The Morgan fingerprint density at radius 1 is 0.786 bits per heavy atom. The smallest absolute Gasteiger partial charge is 0.160 e. The Labute approximate surface area is 86.9 Å². The van der Waals surface area contributed by atoms with Crippen molar-refractivity contribution in [2.75, 3.05) is 14.2 Å². The Bertz CT molecular complexity index is 251. The van der Waals surface area contributed by atoms with Gasteiger partial charge in [0.25, 0.3) is 0 Å². The lowest BCUT2D eigenvalue weighted by Gasteiger charge is -2.09. The Morgan fingerprint density at radius 3 is 1.29 bits per heavy atom. The molecule has 0 saturated heterocycles. The van der Waals surface area contributed by atoms with Gasteiger partial charge in [0.15, 0.2) is 11.5 Å². The highest BCUT2D eigenvalue weighted by Gasteiger charge is 2.04. The fourth-order valence-corrected chi connectivity index (χ4v) is 1.08. The number of ether oxygens (including phenoxy) is 2. The Balaban J connectivity index is 0.000000791. The third-order valence-corrected chi connectivity index (χ3v) is 2.00. The molecule has 0 atom stereocenters. The first-order chi connectivity index (χ1) is 6.69. The molecule has 0 saturated carbocycles. The maximum absolute atomic E-state index is 5.15. The average molecular weight is 196 g/mol. The van der Waals surface area contributed by atoms with Crippen LogP contribution in [0.2, 0.25) is 0 Å². The van der Waals surface area contributed by atoms with E-state index in [9.17, 15) is 0 Å². The van der Waals surface area contributed by atoms with Crippen LogP contribution >= 0.6 is 0 Å². The zero-order chi connectivity index (χ0) is 11.1. The molecule has 80 valence electrons. The first-order valence-electron chi connectivity index (χ1n) is 4.88. The van der Waals surface area contributed by atoms with Crippen LogP contribution in [-0.4, -0.2) is 14.2 Å². The van der Waals surface area contributed by atoms with Crippen LogP contribution in [0.5, 0.6) is 11.5 Å². The van der Waals surface area contributed by atoms with Gasteiger partial charge in [0.05, 0.1) is 14.2 Å².